The molecule has 28 heavy (non-hydrogen) atoms. The Bertz CT molecular complexity index is 699. The van der Waals surface area contributed by atoms with Gasteiger partial charge >= 0.3 is 13.8 Å². The van der Waals surface area contributed by atoms with Crippen LogP contribution in [0.25, 0.3) is 0 Å². The lowest BCUT2D eigenvalue weighted by molar-refractivity contribution is -0.141. The van der Waals surface area contributed by atoms with Gasteiger partial charge < -0.3 is 24.7 Å². The highest BCUT2D eigenvalue weighted by molar-refractivity contribution is 7.46. The average molecular weight is 414 g/mol. The molecule has 0 unspecified atom stereocenters. The molecule has 9 heteroatoms. The number of aliphatic hydroxyl groups is 2. The van der Waals surface area contributed by atoms with Gasteiger partial charge in [0, 0.05) is 18.9 Å². The molecule has 0 radical (unpaired) electrons. The second kappa shape index (κ2) is 11.3. The van der Waals surface area contributed by atoms with E-state index >= 15 is 0 Å². The highest BCUT2D eigenvalue weighted by Crippen LogP contribution is 2.41. The van der Waals surface area contributed by atoms with E-state index in [2.05, 4.69) is 0 Å². The first-order chi connectivity index (χ1) is 13.0. The Morgan fingerprint density at radius 2 is 2.04 bits per heavy atom. The van der Waals surface area contributed by atoms with Crippen molar-refractivity contribution in [1.29, 1.82) is 0 Å². The highest BCUT2D eigenvalue weighted by Gasteiger charge is 2.37. The van der Waals surface area contributed by atoms with Crippen molar-refractivity contribution in [2.45, 2.75) is 50.6 Å². The van der Waals surface area contributed by atoms with Gasteiger partial charge in [-0.3, -0.25) is 4.52 Å². The Balaban J connectivity index is 2.87. The van der Waals surface area contributed by atoms with Crippen molar-refractivity contribution in [1.82, 2.24) is 0 Å². The third kappa shape index (κ3) is 9.94. The van der Waals surface area contributed by atoms with Crippen molar-refractivity contribution >= 4 is 13.8 Å². The molecular weight excluding hydrogens is 387 g/mol. The third-order valence-corrected chi connectivity index (χ3v) is 4.30. The van der Waals surface area contributed by atoms with Crippen molar-refractivity contribution < 1.29 is 38.6 Å². The van der Waals surface area contributed by atoms with E-state index in [0.29, 0.717) is 6.42 Å². The molecule has 156 valence electrons. The van der Waals surface area contributed by atoms with Crippen LogP contribution in [-0.2, 0) is 18.6 Å². The largest absolute Gasteiger partial charge is 0.469 e. The molecule has 0 aromatic rings. The molecule has 0 aromatic heterocycles. The van der Waals surface area contributed by atoms with Crippen LogP contribution in [0, 0.1) is 0 Å². The Morgan fingerprint density at radius 3 is 2.64 bits per heavy atom. The van der Waals surface area contributed by atoms with Gasteiger partial charge in [0.25, 0.3) is 0 Å². The van der Waals surface area contributed by atoms with Crippen molar-refractivity contribution in [2.24, 2.45) is 0 Å². The SMILES string of the molecule is C/C=C/C=C\C=C/[C@H](O)C[C@@H](OP(=O)(O)O)[C@](C)(O)/C=C/[C@H]1CC=CC(=O)O1. The lowest BCUT2D eigenvalue weighted by Crippen LogP contribution is -2.41. The van der Waals surface area contributed by atoms with Crippen LogP contribution in [0.5, 0.6) is 0 Å². The number of esters is 1. The van der Waals surface area contributed by atoms with E-state index in [9.17, 15) is 19.6 Å². The summed E-state index contributed by atoms with van der Waals surface area (Å²) >= 11 is 0. The lowest BCUT2D eigenvalue weighted by Gasteiger charge is -2.31. The fraction of sp³-hybridized carbons (Fsp3) is 0.421. The van der Waals surface area contributed by atoms with E-state index in [-0.39, 0.29) is 6.42 Å². The first kappa shape index (κ1) is 24.2. The Labute approximate surface area is 164 Å². The first-order valence-electron chi connectivity index (χ1n) is 8.70. The van der Waals surface area contributed by atoms with E-state index in [0.717, 1.165) is 0 Å². The van der Waals surface area contributed by atoms with Crippen molar-refractivity contribution in [3.63, 3.8) is 0 Å². The zero-order valence-corrected chi connectivity index (χ0v) is 16.7. The smallest absolute Gasteiger partial charge is 0.455 e. The molecule has 1 aliphatic rings. The molecule has 0 bridgehead atoms. The molecule has 1 aliphatic heterocycles. The number of carbonyl (C=O) groups excluding carboxylic acids is 1. The molecule has 0 aliphatic carbocycles. The van der Waals surface area contributed by atoms with E-state index in [1.807, 2.05) is 13.0 Å². The minimum atomic E-state index is -4.93. The molecule has 8 nitrogen and oxygen atoms in total. The maximum absolute atomic E-state index is 11.3. The molecule has 0 amide bonds. The number of phosphoric acid groups is 1. The summed E-state index contributed by atoms with van der Waals surface area (Å²) in [5.74, 6) is -0.518. The number of hydrogen-bond acceptors (Lipinski definition) is 6. The molecule has 1 heterocycles. The number of ether oxygens (including phenoxy) is 1. The van der Waals surface area contributed by atoms with E-state index in [4.69, 9.17) is 19.0 Å². The maximum Gasteiger partial charge on any atom is 0.469 e. The average Bonchev–Trinajstić information content (AvgIpc) is 2.58. The summed E-state index contributed by atoms with van der Waals surface area (Å²) in [7, 11) is -4.93. The van der Waals surface area contributed by atoms with Gasteiger partial charge in [-0.25, -0.2) is 9.36 Å². The van der Waals surface area contributed by atoms with Gasteiger partial charge in [-0.1, -0.05) is 48.6 Å². The predicted octanol–water partition coefficient (Wildman–Crippen LogP) is 2.08. The molecule has 4 atom stereocenters. The van der Waals surface area contributed by atoms with Crippen LogP contribution < -0.4 is 0 Å². The molecule has 0 spiro atoms. The lowest BCUT2D eigenvalue weighted by atomic mass is 9.93. The standard InChI is InChI=1S/C19H27O8P/c1-3-4-5-6-7-9-15(20)14-17(27-28(23,24)25)19(2,22)13-12-16-10-8-11-18(21)26-16/h3-9,11-13,15-17,20,22H,10,14H2,1-2H3,(H2,23,24,25)/b4-3+,6-5-,9-7-,13-12+/t15-,16+,17+,19+/m0/s1. The summed E-state index contributed by atoms with van der Waals surface area (Å²) in [6, 6.07) is 0. The zero-order chi connectivity index (χ0) is 21.2. The van der Waals surface area contributed by atoms with Gasteiger partial charge in [0.15, 0.2) is 0 Å². The van der Waals surface area contributed by atoms with Gasteiger partial charge in [0.05, 0.1) is 6.10 Å². The van der Waals surface area contributed by atoms with Gasteiger partial charge in [-0.15, -0.1) is 0 Å². The number of phosphoric ester groups is 1. The van der Waals surface area contributed by atoms with Crippen LogP contribution in [0.1, 0.15) is 26.7 Å². The first-order valence-corrected chi connectivity index (χ1v) is 10.2. The highest BCUT2D eigenvalue weighted by atomic mass is 31.2. The van der Waals surface area contributed by atoms with Crippen LogP contribution in [0.15, 0.2) is 60.8 Å². The number of carbonyl (C=O) groups is 1. The maximum atomic E-state index is 11.3. The summed E-state index contributed by atoms with van der Waals surface area (Å²) in [4.78, 5) is 29.5. The van der Waals surface area contributed by atoms with Crippen molar-refractivity contribution in [3.8, 4) is 0 Å². The number of cyclic esters (lactones) is 1. The number of allylic oxidation sites excluding steroid dienone is 5. The molecule has 0 saturated heterocycles. The van der Waals surface area contributed by atoms with Crippen LogP contribution in [0.4, 0.5) is 0 Å². The predicted molar refractivity (Wildman–Crippen MR) is 104 cm³/mol. The van der Waals surface area contributed by atoms with Gasteiger partial charge in [0.2, 0.25) is 0 Å². The van der Waals surface area contributed by atoms with E-state index in [1.54, 1.807) is 30.4 Å². The molecular formula is C19H27O8P. The minimum absolute atomic E-state index is 0.277. The molecule has 0 aromatic carbocycles. The summed E-state index contributed by atoms with van der Waals surface area (Å²) < 4.78 is 21.0. The number of rotatable bonds is 10. The van der Waals surface area contributed by atoms with E-state index in [1.165, 1.54) is 31.2 Å². The van der Waals surface area contributed by atoms with Crippen LogP contribution in [-0.4, -0.2) is 49.9 Å². The Morgan fingerprint density at radius 1 is 1.36 bits per heavy atom. The minimum Gasteiger partial charge on any atom is -0.455 e. The molecule has 4 N–H and O–H groups in total. The molecule has 1 rings (SSSR count). The zero-order valence-electron chi connectivity index (χ0n) is 15.8. The van der Waals surface area contributed by atoms with Gasteiger partial charge in [0.1, 0.15) is 17.8 Å². The fourth-order valence-electron chi connectivity index (χ4n) is 2.35. The fourth-order valence-corrected chi connectivity index (χ4v) is 2.98. The van der Waals surface area contributed by atoms with E-state index < -0.39 is 37.7 Å². The quantitative estimate of drug-likeness (QED) is 0.185. The van der Waals surface area contributed by atoms with Gasteiger partial charge in [-0.05, 0) is 19.9 Å². The van der Waals surface area contributed by atoms with Crippen LogP contribution in [0.3, 0.4) is 0 Å². The third-order valence-electron chi connectivity index (χ3n) is 3.77. The summed E-state index contributed by atoms with van der Waals surface area (Å²) in [5.41, 5.74) is -1.84. The Kier molecular flexibility index (Phi) is 9.75. The molecule has 0 saturated carbocycles. The number of aliphatic hydroxyl groups excluding tert-OH is 1. The number of hydrogen-bond donors (Lipinski definition) is 4. The normalized spacial score (nSPS) is 22.9. The van der Waals surface area contributed by atoms with Crippen LogP contribution in [0.2, 0.25) is 0 Å². The Hall–Kier alpha value is -1.80. The summed E-state index contributed by atoms with van der Waals surface area (Å²) in [6.07, 6.45) is 12.6. The van der Waals surface area contributed by atoms with Crippen molar-refractivity contribution in [2.75, 3.05) is 0 Å². The van der Waals surface area contributed by atoms with Gasteiger partial charge in [-0.2, -0.15) is 0 Å². The summed E-state index contributed by atoms with van der Waals surface area (Å²) in [6.45, 7) is 3.14. The second-order valence-electron chi connectivity index (χ2n) is 6.38. The van der Waals surface area contributed by atoms with Crippen LogP contribution >= 0.6 is 7.82 Å². The molecule has 0 fully saturated rings. The van der Waals surface area contributed by atoms with Crippen molar-refractivity contribution in [3.05, 3.63) is 60.8 Å². The monoisotopic (exact) mass is 414 g/mol. The second-order valence-corrected chi connectivity index (χ2v) is 7.57. The topological polar surface area (TPSA) is 134 Å². The summed E-state index contributed by atoms with van der Waals surface area (Å²) in [5, 5.41) is 20.8.